The fourth-order valence-corrected chi connectivity index (χ4v) is 7.44. The Morgan fingerprint density at radius 3 is 1.37 bits per heavy atom. The maximum Gasteiger partial charge on any atom is -0.0386 e. The van der Waals surface area contributed by atoms with Crippen LogP contribution in [0.2, 0.25) is 0 Å². The summed E-state index contributed by atoms with van der Waals surface area (Å²) < 4.78 is 0. The maximum atomic E-state index is 2.58. The minimum atomic E-state index is 0.870. The van der Waals surface area contributed by atoms with Crippen molar-refractivity contribution in [2.24, 2.45) is 65.1 Å². The van der Waals surface area contributed by atoms with E-state index in [1.54, 1.807) is 0 Å². The lowest BCUT2D eigenvalue weighted by atomic mass is 9.65. The molecule has 2 rings (SSSR count). The van der Waals surface area contributed by atoms with Gasteiger partial charge in [0.05, 0.1) is 0 Å². The van der Waals surface area contributed by atoms with Crippen LogP contribution in [0.4, 0.5) is 0 Å². The maximum absolute atomic E-state index is 2.58. The highest BCUT2D eigenvalue weighted by atomic mass is 14.4. The molecular formula is C35H72. The average Bonchev–Trinajstić information content (AvgIpc) is 3.26. The summed E-state index contributed by atoms with van der Waals surface area (Å²) in [6, 6.07) is 0. The number of rotatable bonds is 11. The summed E-state index contributed by atoms with van der Waals surface area (Å²) in [5.41, 5.74) is 0. The van der Waals surface area contributed by atoms with E-state index < -0.39 is 0 Å². The van der Waals surface area contributed by atoms with E-state index in [9.17, 15) is 0 Å². The van der Waals surface area contributed by atoms with E-state index in [2.05, 4.69) is 76.2 Å². The summed E-state index contributed by atoms with van der Waals surface area (Å²) in [5, 5.41) is 0. The third kappa shape index (κ3) is 12.4. The molecule has 2 saturated carbocycles. The zero-order chi connectivity index (χ0) is 27.1. The zero-order valence-electron chi connectivity index (χ0n) is 27.1. The van der Waals surface area contributed by atoms with Crippen LogP contribution in [0.25, 0.3) is 0 Å². The van der Waals surface area contributed by atoms with Gasteiger partial charge < -0.3 is 0 Å². The molecule has 0 nitrogen and oxygen atoms in total. The van der Waals surface area contributed by atoms with E-state index in [1.807, 2.05) is 13.8 Å². The molecular weight excluding hydrogens is 420 g/mol. The minimum absolute atomic E-state index is 0.870. The minimum Gasteiger partial charge on any atom is -0.0683 e. The van der Waals surface area contributed by atoms with Crippen LogP contribution < -0.4 is 0 Å². The Bertz CT molecular complexity index is 462. The van der Waals surface area contributed by atoms with Crippen LogP contribution in [0.5, 0.6) is 0 Å². The van der Waals surface area contributed by atoms with Crippen molar-refractivity contribution in [3.63, 3.8) is 0 Å². The second-order valence-electron chi connectivity index (χ2n) is 13.5. The molecule has 0 aliphatic heterocycles. The van der Waals surface area contributed by atoms with Crippen LogP contribution in [0.15, 0.2) is 0 Å². The SMILES string of the molecule is CC.CC1CCC(C)C1.CCC(C)C(CC)CC(CC)C(C)C(C)C(C)C1CCC(C(C)C)CC1. The van der Waals surface area contributed by atoms with Gasteiger partial charge in [0.2, 0.25) is 0 Å². The van der Waals surface area contributed by atoms with E-state index in [4.69, 9.17) is 0 Å². The first-order valence-electron chi connectivity index (χ1n) is 16.5. The van der Waals surface area contributed by atoms with Crippen molar-refractivity contribution in [3.8, 4) is 0 Å². The van der Waals surface area contributed by atoms with Gasteiger partial charge in [-0.15, -0.1) is 0 Å². The molecule has 0 N–H and O–H groups in total. The van der Waals surface area contributed by atoms with Crippen LogP contribution >= 0.6 is 0 Å². The number of hydrogen-bond acceptors (Lipinski definition) is 0. The molecule has 0 spiro atoms. The van der Waals surface area contributed by atoms with Crippen molar-refractivity contribution in [2.75, 3.05) is 0 Å². The molecule has 0 amide bonds. The summed E-state index contributed by atoms with van der Waals surface area (Å²) in [6.07, 6.45) is 15.9. The molecule has 2 fully saturated rings. The third-order valence-corrected chi connectivity index (χ3v) is 11.0. The molecule has 8 atom stereocenters. The highest BCUT2D eigenvalue weighted by Crippen LogP contribution is 2.43. The Hall–Kier alpha value is 0. The predicted octanol–water partition coefficient (Wildman–Crippen LogP) is 12.3. The molecule has 2 aliphatic rings. The van der Waals surface area contributed by atoms with Gasteiger partial charge in [0.1, 0.15) is 0 Å². The van der Waals surface area contributed by atoms with Gasteiger partial charge in [-0.1, -0.05) is 122 Å². The Labute approximate surface area is 225 Å². The van der Waals surface area contributed by atoms with E-state index in [0.29, 0.717) is 0 Å². The smallest absolute Gasteiger partial charge is 0.0386 e. The van der Waals surface area contributed by atoms with Crippen LogP contribution in [0, 0.1) is 65.1 Å². The zero-order valence-corrected chi connectivity index (χ0v) is 27.1. The van der Waals surface area contributed by atoms with Gasteiger partial charge in [-0.05, 0) is 104 Å². The van der Waals surface area contributed by atoms with Gasteiger partial charge in [0, 0.05) is 0 Å². The largest absolute Gasteiger partial charge is 0.0683 e. The van der Waals surface area contributed by atoms with Crippen molar-refractivity contribution in [1.82, 2.24) is 0 Å². The van der Waals surface area contributed by atoms with E-state index in [1.165, 1.54) is 70.6 Å². The van der Waals surface area contributed by atoms with Crippen LogP contribution in [-0.4, -0.2) is 0 Å². The van der Waals surface area contributed by atoms with Gasteiger partial charge in [-0.2, -0.15) is 0 Å². The molecule has 0 aromatic rings. The summed E-state index contributed by atoms with van der Waals surface area (Å²) in [4.78, 5) is 0. The van der Waals surface area contributed by atoms with Crippen molar-refractivity contribution >= 4 is 0 Å². The highest BCUT2D eigenvalue weighted by Gasteiger charge is 2.34. The molecule has 8 unspecified atom stereocenters. The lowest BCUT2D eigenvalue weighted by Crippen LogP contribution is -2.32. The molecule has 0 aromatic heterocycles. The molecule has 35 heavy (non-hydrogen) atoms. The molecule has 0 heterocycles. The number of hydrogen-bond donors (Lipinski definition) is 0. The standard InChI is InChI=1S/C26H52.C7H14.C2H6/c1-10-19(6)23(11-2)17-24(12-3)21(8)20(7)22(9)26-15-13-25(14-16-26)18(4)5;1-6-3-4-7(2)5-6;1-2/h18-26H,10-17H2,1-9H3;6-7H,3-5H2,1-2H3;1-2H3. The van der Waals surface area contributed by atoms with Gasteiger partial charge >= 0.3 is 0 Å². The van der Waals surface area contributed by atoms with E-state index in [0.717, 1.165) is 65.1 Å². The fourth-order valence-electron chi connectivity index (χ4n) is 7.44. The lowest BCUT2D eigenvalue weighted by molar-refractivity contribution is 0.0944. The molecule has 212 valence electrons. The Kier molecular flexibility index (Phi) is 19.1. The first kappa shape index (κ1) is 35.0. The second-order valence-corrected chi connectivity index (χ2v) is 13.5. The van der Waals surface area contributed by atoms with E-state index >= 15 is 0 Å². The van der Waals surface area contributed by atoms with Gasteiger partial charge in [-0.25, -0.2) is 0 Å². The summed E-state index contributed by atoms with van der Waals surface area (Å²) in [7, 11) is 0. The molecule has 0 aromatic carbocycles. The predicted molar refractivity (Wildman–Crippen MR) is 163 cm³/mol. The Morgan fingerprint density at radius 2 is 1.03 bits per heavy atom. The van der Waals surface area contributed by atoms with Crippen molar-refractivity contribution in [2.45, 2.75) is 161 Å². The van der Waals surface area contributed by atoms with Crippen molar-refractivity contribution < 1.29 is 0 Å². The molecule has 0 bridgehead atoms. The van der Waals surface area contributed by atoms with E-state index in [-0.39, 0.29) is 0 Å². The first-order chi connectivity index (χ1) is 16.5. The van der Waals surface area contributed by atoms with Crippen molar-refractivity contribution in [1.29, 1.82) is 0 Å². The summed E-state index contributed by atoms with van der Waals surface area (Å²) in [6.45, 7) is 31.0. The second kappa shape index (κ2) is 19.1. The van der Waals surface area contributed by atoms with Crippen LogP contribution in [-0.2, 0) is 0 Å². The topological polar surface area (TPSA) is 0 Å². The summed E-state index contributed by atoms with van der Waals surface area (Å²) >= 11 is 0. The third-order valence-electron chi connectivity index (χ3n) is 11.0. The molecule has 2 aliphatic carbocycles. The highest BCUT2D eigenvalue weighted by molar-refractivity contribution is 4.84. The van der Waals surface area contributed by atoms with Crippen LogP contribution in [0.3, 0.4) is 0 Å². The monoisotopic (exact) mass is 493 g/mol. The van der Waals surface area contributed by atoms with Gasteiger partial charge in [0.15, 0.2) is 0 Å². The normalized spacial score (nSPS) is 29.7. The quantitative estimate of drug-likeness (QED) is 0.269. The molecule has 0 radical (unpaired) electrons. The Balaban J connectivity index is 0.00000108. The first-order valence-corrected chi connectivity index (χ1v) is 16.5. The molecule has 0 heteroatoms. The summed E-state index contributed by atoms with van der Waals surface area (Å²) in [5.74, 6) is 10.3. The lowest BCUT2D eigenvalue weighted by Gasteiger charge is -2.40. The fraction of sp³-hybridized carbons (Fsp3) is 1.00. The van der Waals surface area contributed by atoms with Crippen molar-refractivity contribution in [3.05, 3.63) is 0 Å². The Morgan fingerprint density at radius 1 is 0.571 bits per heavy atom. The molecule has 0 saturated heterocycles. The average molecular weight is 493 g/mol. The van der Waals surface area contributed by atoms with Crippen LogP contribution in [0.1, 0.15) is 161 Å². The van der Waals surface area contributed by atoms with Gasteiger partial charge in [-0.3, -0.25) is 0 Å². The van der Waals surface area contributed by atoms with Gasteiger partial charge in [0.25, 0.3) is 0 Å².